The second kappa shape index (κ2) is 7.14. The summed E-state index contributed by atoms with van der Waals surface area (Å²) in [6.45, 7) is 2.71. The quantitative estimate of drug-likeness (QED) is 0.764. The third-order valence-corrected chi connectivity index (χ3v) is 6.52. The Morgan fingerprint density at radius 1 is 0.846 bits per heavy atom. The molecule has 1 aliphatic rings. The van der Waals surface area contributed by atoms with Crippen molar-refractivity contribution in [3.05, 3.63) is 42.5 Å². The van der Waals surface area contributed by atoms with Crippen LogP contribution in [0.4, 0.5) is 5.69 Å². The predicted molar refractivity (Wildman–Crippen MR) is 95.5 cm³/mol. The number of benzene rings is 2. The van der Waals surface area contributed by atoms with E-state index in [2.05, 4.69) is 9.44 Å². The van der Waals surface area contributed by atoms with E-state index in [0.717, 1.165) is 0 Å². The van der Waals surface area contributed by atoms with Gasteiger partial charge in [0.15, 0.2) is 11.5 Å². The second-order valence-electron chi connectivity index (χ2n) is 5.44. The third-order valence-electron chi connectivity index (χ3n) is 3.58. The lowest BCUT2D eigenvalue weighted by atomic mass is 10.3. The lowest BCUT2D eigenvalue weighted by Crippen LogP contribution is -2.23. The molecule has 0 bridgehead atoms. The van der Waals surface area contributed by atoms with Crippen LogP contribution in [-0.4, -0.2) is 36.6 Å². The lowest BCUT2D eigenvalue weighted by Gasteiger charge is -2.19. The van der Waals surface area contributed by atoms with Crippen molar-refractivity contribution >= 4 is 25.7 Å². The molecule has 0 atom stereocenters. The number of nitrogens with one attached hydrogen (secondary N) is 2. The number of rotatable bonds is 6. The van der Waals surface area contributed by atoms with Crippen molar-refractivity contribution in [3.63, 3.8) is 0 Å². The largest absolute Gasteiger partial charge is 0.486 e. The number of sulfonamides is 2. The lowest BCUT2D eigenvalue weighted by molar-refractivity contribution is 0.171. The summed E-state index contributed by atoms with van der Waals surface area (Å²) in [4.78, 5) is 0.0766. The predicted octanol–water partition coefficient (Wildman–Crippen LogP) is 1.56. The van der Waals surface area contributed by atoms with E-state index in [0.29, 0.717) is 24.7 Å². The molecule has 26 heavy (non-hydrogen) atoms. The van der Waals surface area contributed by atoms with Crippen LogP contribution in [0, 0.1) is 0 Å². The smallest absolute Gasteiger partial charge is 0.262 e. The topological polar surface area (TPSA) is 111 Å². The van der Waals surface area contributed by atoms with Gasteiger partial charge in [0, 0.05) is 18.3 Å². The minimum Gasteiger partial charge on any atom is -0.486 e. The van der Waals surface area contributed by atoms with Crippen LogP contribution in [0.5, 0.6) is 11.5 Å². The van der Waals surface area contributed by atoms with Gasteiger partial charge >= 0.3 is 0 Å². The molecule has 0 unspecified atom stereocenters. The average molecular weight is 398 g/mol. The van der Waals surface area contributed by atoms with Crippen LogP contribution in [-0.2, 0) is 20.0 Å². The zero-order valence-electron chi connectivity index (χ0n) is 13.9. The second-order valence-corrected chi connectivity index (χ2v) is 8.89. The van der Waals surface area contributed by atoms with Gasteiger partial charge in [-0.05, 0) is 36.4 Å². The molecule has 0 amide bonds. The summed E-state index contributed by atoms with van der Waals surface area (Å²) in [6, 6.07) is 9.79. The van der Waals surface area contributed by atoms with E-state index in [4.69, 9.17) is 9.47 Å². The molecule has 0 saturated carbocycles. The van der Waals surface area contributed by atoms with Crippen LogP contribution >= 0.6 is 0 Å². The molecule has 1 aliphatic heterocycles. The minimum absolute atomic E-state index is 0.0195. The van der Waals surface area contributed by atoms with Gasteiger partial charge in [0.25, 0.3) is 10.0 Å². The molecule has 10 heteroatoms. The first-order chi connectivity index (χ1) is 12.3. The number of hydrogen-bond donors (Lipinski definition) is 2. The van der Waals surface area contributed by atoms with Crippen molar-refractivity contribution in [1.29, 1.82) is 0 Å². The molecule has 3 rings (SSSR count). The summed E-state index contributed by atoms with van der Waals surface area (Å²) in [5, 5.41) is 0. The Kier molecular flexibility index (Phi) is 5.08. The molecular formula is C16H18N2O6S2. The van der Waals surface area contributed by atoms with Crippen molar-refractivity contribution in [2.45, 2.75) is 16.7 Å². The fraction of sp³-hybridized carbons (Fsp3) is 0.250. The molecule has 0 spiro atoms. The Bertz CT molecular complexity index is 1000. The highest BCUT2D eigenvalue weighted by Crippen LogP contribution is 2.32. The molecule has 2 aromatic carbocycles. The monoisotopic (exact) mass is 398 g/mol. The molecule has 2 aromatic rings. The van der Waals surface area contributed by atoms with E-state index < -0.39 is 20.0 Å². The average Bonchev–Trinajstić information content (AvgIpc) is 2.61. The Morgan fingerprint density at radius 2 is 1.46 bits per heavy atom. The number of fused-ring (bicyclic) bond motifs is 1. The van der Waals surface area contributed by atoms with Crippen molar-refractivity contribution in [2.75, 3.05) is 24.5 Å². The van der Waals surface area contributed by atoms with Crippen LogP contribution in [0.25, 0.3) is 0 Å². The molecule has 1 heterocycles. The van der Waals surface area contributed by atoms with Crippen molar-refractivity contribution in [3.8, 4) is 11.5 Å². The molecule has 2 N–H and O–H groups in total. The molecule has 140 valence electrons. The summed E-state index contributed by atoms with van der Waals surface area (Å²) in [5.41, 5.74) is 0.246. The Morgan fingerprint density at radius 3 is 2.12 bits per heavy atom. The highest BCUT2D eigenvalue weighted by Gasteiger charge is 2.20. The number of hydrogen-bond acceptors (Lipinski definition) is 6. The van der Waals surface area contributed by atoms with Gasteiger partial charge in [0.2, 0.25) is 10.0 Å². The molecule has 0 saturated heterocycles. The summed E-state index contributed by atoms with van der Waals surface area (Å²) in [7, 11) is -7.45. The molecule has 0 radical (unpaired) electrons. The van der Waals surface area contributed by atoms with Gasteiger partial charge in [-0.25, -0.2) is 21.6 Å². The van der Waals surface area contributed by atoms with Crippen molar-refractivity contribution in [2.24, 2.45) is 0 Å². The first-order valence-corrected chi connectivity index (χ1v) is 10.8. The maximum absolute atomic E-state index is 12.5. The maximum Gasteiger partial charge on any atom is 0.262 e. The number of anilines is 1. The van der Waals surface area contributed by atoms with Gasteiger partial charge in [0.05, 0.1) is 9.79 Å². The van der Waals surface area contributed by atoms with Gasteiger partial charge < -0.3 is 9.47 Å². The van der Waals surface area contributed by atoms with Crippen molar-refractivity contribution < 1.29 is 26.3 Å². The van der Waals surface area contributed by atoms with Gasteiger partial charge in [-0.2, -0.15) is 0 Å². The summed E-state index contributed by atoms with van der Waals surface area (Å²) >= 11 is 0. The van der Waals surface area contributed by atoms with Gasteiger partial charge in [0.1, 0.15) is 13.2 Å². The van der Waals surface area contributed by atoms with Crippen LogP contribution in [0.2, 0.25) is 0 Å². The van der Waals surface area contributed by atoms with E-state index in [1.54, 1.807) is 6.92 Å². The fourth-order valence-corrected chi connectivity index (χ4v) is 4.50. The first-order valence-electron chi connectivity index (χ1n) is 7.84. The molecule has 0 fully saturated rings. The Balaban J connectivity index is 1.81. The Hall–Kier alpha value is -2.30. The van der Waals surface area contributed by atoms with E-state index in [1.807, 2.05) is 0 Å². The zero-order valence-corrected chi connectivity index (χ0v) is 15.6. The standard InChI is InChI=1S/C16H18N2O6S2/c1-2-17-25(19,20)13-5-3-12(4-6-13)18-26(21,22)14-7-8-15-16(11-14)24-10-9-23-15/h3-8,11,17-18H,2,9-10H2,1H3. The summed E-state index contributed by atoms with van der Waals surface area (Å²) in [6.07, 6.45) is 0. The summed E-state index contributed by atoms with van der Waals surface area (Å²) in [5.74, 6) is 0.861. The minimum atomic E-state index is -3.86. The van der Waals surface area contributed by atoms with Gasteiger partial charge in [-0.1, -0.05) is 6.92 Å². The highest BCUT2D eigenvalue weighted by molar-refractivity contribution is 7.92. The highest BCUT2D eigenvalue weighted by atomic mass is 32.2. The van der Waals surface area contributed by atoms with Crippen LogP contribution < -0.4 is 18.9 Å². The van der Waals surface area contributed by atoms with Crippen molar-refractivity contribution in [1.82, 2.24) is 4.72 Å². The summed E-state index contributed by atoms with van der Waals surface area (Å²) < 4.78 is 64.4. The first kappa shape index (κ1) is 18.5. The van der Waals surface area contributed by atoms with Crippen LogP contribution in [0.1, 0.15) is 6.92 Å². The fourth-order valence-electron chi connectivity index (χ4n) is 2.38. The molecule has 0 aromatic heterocycles. The van der Waals surface area contributed by atoms with E-state index in [-0.39, 0.29) is 22.0 Å². The molecule has 0 aliphatic carbocycles. The van der Waals surface area contributed by atoms with E-state index >= 15 is 0 Å². The van der Waals surface area contributed by atoms with Gasteiger partial charge in [-0.15, -0.1) is 0 Å². The maximum atomic E-state index is 12.5. The molecule has 8 nitrogen and oxygen atoms in total. The van der Waals surface area contributed by atoms with Gasteiger partial charge in [-0.3, -0.25) is 4.72 Å². The van der Waals surface area contributed by atoms with E-state index in [1.165, 1.54) is 42.5 Å². The Labute approximate surface area is 152 Å². The van der Waals surface area contributed by atoms with E-state index in [9.17, 15) is 16.8 Å². The molecular weight excluding hydrogens is 380 g/mol. The zero-order chi connectivity index (χ0) is 18.8. The SMILES string of the molecule is CCNS(=O)(=O)c1ccc(NS(=O)(=O)c2ccc3c(c2)OCCO3)cc1. The number of ether oxygens (including phenoxy) is 2. The third kappa shape index (κ3) is 3.92. The normalized spacial score (nSPS) is 14.0. The van der Waals surface area contributed by atoms with Crippen LogP contribution in [0.15, 0.2) is 52.3 Å². The van der Waals surface area contributed by atoms with Crippen LogP contribution in [0.3, 0.4) is 0 Å².